The number of carbonyl (C=O) groups is 1. The molecule has 0 unspecified atom stereocenters. The molecule has 5 rings (SSSR count). The van der Waals surface area contributed by atoms with Crippen molar-refractivity contribution in [3.8, 4) is 17.1 Å². The Labute approximate surface area is 213 Å². The molecule has 3 heterocycles. The molecule has 1 fully saturated rings. The minimum atomic E-state index is -3.21. The molecule has 1 saturated heterocycles. The molecule has 10 heteroatoms. The van der Waals surface area contributed by atoms with Crippen LogP contribution < -0.4 is 4.74 Å². The number of benzene rings is 2. The van der Waals surface area contributed by atoms with Crippen LogP contribution in [0, 0.1) is 0 Å². The van der Waals surface area contributed by atoms with E-state index >= 15 is 0 Å². The Morgan fingerprint density at radius 2 is 1.89 bits per heavy atom. The van der Waals surface area contributed by atoms with Crippen LogP contribution in [0.25, 0.3) is 11.3 Å². The average molecular weight is 525 g/mol. The Bertz CT molecular complexity index is 1450. The van der Waals surface area contributed by atoms with Gasteiger partial charge in [-0.1, -0.05) is 35.1 Å². The van der Waals surface area contributed by atoms with Crippen LogP contribution in [-0.4, -0.2) is 49.0 Å². The van der Waals surface area contributed by atoms with Crippen molar-refractivity contribution >= 4 is 27.5 Å². The predicted molar refractivity (Wildman–Crippen MR) is 135 cm³/mol. The van der Waals surface area contributed by atoms with E-state index < -0.39 is 21.8 Å². The highest BCUT2D eigenvalue weighted by atomic mass is 32.2. The quantitative estimate of drug-likeness (QED) is 0.320. The fourth-order valence-corrected chi connectivity index (χ4v) is 6.61. The van der Waals surface area contributed by atoms with E-state index in [1.807, 2.05) is 48.5 Å². The van der Waals surface area contributed by atoms with Gasteiger partial charge in [-0.2, -0.15) is 0 Å². The van der Waals surface area contributed by atoms with Crippen LogP contribution in [0.1, 0.15) is 22.7 Å². The Hall–Kier alpha value is -3.50. The average Bonchev–Trinajstić information content (AvgIpc) is 3.63. The first kappa shape index (κ1) is 24.2. The Morgan fingerprint density at radius 1 is 1.11 bits per heavy atom. The van der Waals surface area contributed by atoms with Gasteiger partial charge in [0.15, 0.2) is 26.4 Å². The predicted octanol–water partition coefficient (Wildman–Crippen LogP) is 4.92. The third-order valence-electron chi connectivity index (χ3n) is 5.94. The van der Waals surface area contributed by atoms with Crippen molar-refractivity contribution in [1.29, 1.82) is 0 Å². The van der Waals surface area contributed by atoms with E-state index in [4.69, 9.17) is 13.7 Å². The van der Waals surface area contributed by atoms with Gasteiger partial charge in [-0.25, -0.2) is 8.42 Å². The number of furan rings is 1. The molecule has 1 aliphatic rings. The molecule has 186 valence electrons. The van der Waals surface area contributed by atoms with Crippen LogP contribution in [0.15, 0.2) is 91.7 Å². The van der Waals surface area contributed by atoms with E-state index in [1.54, 1.807) is 31.4 Å². The highest BCUT2D eigenvalue weighted by Crippen LogP contribution is 2.31. The molecule has 8 nitrogen and oxygen atoms in total. The van der Waals surface area contributed by atoms with E-state index in [1.165, 1.54) is 16.7 Å². The minimum Gasteiger partial charge on any atom is -0.497 e. The highest BCUT2D eigenvalue weighted by molar-refractivity contribution is 7.99. The summed E-state index contributed by atoms with van der Waals surface area (Å²) in [5, 5.41) is 4.67. The van der Waals surface area contributed by atoms with Gasteiger partial charge in [0.25, 0.3) is 5.91 Å². The number of rotatable bonds is 8. The van der Waals surface area contributed by atoms with E-state index in [2.05, 4.69) is 5.16 Å². The lowest BCUT2D eigenvalue weighted by molar-refractivity contribution is 0.0653. The zero-order valence-corrected chi connectivity index (χ0v) is 21.1. The fraction of sp³-hybridized carbons (Fsp3) is 0.231. The summed E-state index contributed by atoms with van der Waals surface area (Å²) in [5.41, 5.74) is 0.849. The zero-order valence-electron chi connectivity index (χ0n) is 19.5. The second kappa shape index (κ2) is 10.2. The van der Waals surface area contributed by atoms with Crippen molar-refractivity contribution in [1.82, 2.24) is 10.1 Å². The van der Waals surface area contributed by atoms with E-state index in [-0.39, 0.29) is 23.7 Å². The van der Waals surface area contributed by atoms with Crippen LogP contribution in [0.3, 0.4) is 0 Å². The Balaban J connectivity index is 1.37. The molecule has 0 spiro atoms. The first-order valence-electron chi connectivity index (χ1n) is 11.3. The Kier molecular flexibility index (Phi) is 6.88. The van der Waals surface area contributed by atoms with E-state index in [0.717, 1.165) is 10.5 Å². The molecule has 0 radical (unpaired) electrons. The molecule has 0 aliphatic carbocycles. The third kappa shape index (κ3) is 5.50. The van der Waals surface area contributed by atoms with Gasteiger partial charge in [0.1, 0.15) is 11.5 Å². The number of amides is 1. The van der Waals surface area contributed by atoms with Crippen molar-refractivity contribution in [2.75, 3.05) is 18.6 Å². The van der Waals surface area contributed by atoms with Gasteiger partial charge in [-0.05, 0) is 55.0 Å². The summed E-state index contributed by atoms with van der Waals surface area (Å²) in [5.74, 6) is 1.24. The van der Waals surface area contributed by atoms with Crippen molar-refractivity contribution in [3.63, 3.8) is 0 Å². The van der Waals surface area contributed by atoms with Crippen molar-refractivity contribution in [2.24, 2.45) is 0 Å². The first-order valence-corrected chi connectivity index (χ1v) is 14.0. The van der Waals surface area contributed by atoms with Crippen molar-refractivity contribution in [2.45, 2.75) is 29.0 Å². The van der Waals surface area contributed by atoms with Gasteiger partial charge >= 0.3 is 0 Å². The lowest BCUT2D eigenvalue weighted by atomic mass is 10.1. The first-order chi connectivity index (χ1) is 17.4. The van der Waals surface area contributed by atoms with Crippen LogP contribution in [-0.2, 0) is 16.4 Å². The van der Waals surface area contributed by atoms with E-state index in [0.29, 0.717) is 28.8 Å². The maximum Gasteiger partial charge on any atom is 0.276 e. The molecule has 0 saturated carbocycles. The number of sulfone groups is 1. The molecule has 1 aliphatic heterocycles. The molecular weight excluding hydrogens is 500 g/mol. The highest BCUT2D eigenvalue weighted by Gasteiger charge is 2.36. The van der Waals surface area contributed by atoms with Gasteiger partial charge in [0.2, 0.25) is 0 Å². The van der Waals surface area contributed by atoms with Gasteiger partial charge in [-0.15, -0.1) is 0 Å². The minimum absolute atomic E-state index is 0.0463. The summed E-state index contributed by atoms with van der Waals surface area (Å²) in [6.45, 7) is 0.124. The normalized spacial score (nSPS) is 16.6. The molecule has 4 aromatic rings. The molecule has 0 N–H and O–H groups in total. The van der Waals surface area contributed by atoms with Crippen LogP contribution in [0.5, 0.6) is 5.75 Å². The number of carbonyl (C=O) groups excluding carboxylic acids is 1. The number of aromatic nitrogens is 1. The number of hydrogen-bond donors (Lipinski definition) is 0. The standard InChI is InChI=1S/C26H24N2O6S2/c1-32-20-9-7-18(8-10-20)24-15-23(27-34-24)26(29)28(19-13-14-36(30,31)17-19)16-21-11-12-25(33-21)35-22-5-3-2-4-6-22/h2-12,15,19H,13-14,16-17H2,1H3/t19-/m0/s1. The van der Waals surface area contributed by atoms with E-state index in [9.17, 15) is 13.2 Å². The number of ether oxygens (including phenoxy) is 1. The summed E-state index contributed by atoms with van der Waals surface area (Å²) < 4.78 is 41.0. The summed E-state index contributed by atoms with van der Waals surface area (Å²) in [6, 6.07) is 21.8. The molecular formula is C26H24N2O6S2. The Morgan fingerprint density at radius 3 is 2.58 bits per heavy atom. The number of methoxy groups -OCH3 is 1. The van der Waals surface area contributed by atoms with Crippen molar-refractivity contribution in [3.05, 3.63) is 84.3 Å². The summed E-state index contributed by atoms with van der Waals surface area (Å²) >= 11 is 1.47. The number of hydrogen-bond acceptors (Lipinski definition) is 8. The zero-order chi connectivity index (χ0) is 25.1. The number of nitrogens with zero attached hydrogens (tertiary/aromatic N) is 2. The van der Waals surface area contributed by atoms with Crippen LogP contribution in [0.2, 0.25) is 0 Å². The fourth-order valence-electron chi connectivity index (χ4n) is 4.07. The second-order valence-electron chi connectivity index (χ2n) is 8.43. The molecule has 2 aromatic heterocycles. The van der Waals surface area contributed by atoms with Gasteiger partial charge in [0, 0.05) is 22.6 Å². The lowest BCUT2D eigenvalue weighted by Crippen LogP contribution is -2.40. The molecule has 0 bridgehead atoms. The molecule has 36 heavy (non-hydrogen) atoms. The maximum absolute atomic E-state index is 13.5. The second-order valence-corrected chi connectivity index (χ2v) is 11.7. The van der Waals surface area contributed by atoms with Crippen LogP contribution in [0.4, 0.5) is 0 Å². The van der Waals surface area contributed by atoms with Gasteiger partial charge in [-0.3, -0.25) is 4.79 Å². The third-order valence-corrected chi connectivity index (χ3v) is 8.62. The summed E-state index contributed by atoms with van der Waals surface area (Å²) in [6.07, 6.45) is 0.365. The molecule has 2 aromatic carbocycles. The SMILES string of the molecule is COc1ccc(-c2cc(C(=O)N(Cc3ccc(Sc4ccccc4)o3)[C@H]3CCS(=O)(=O)C3)no2)cc1. The molecule has 1 atom stereocenters. The van der Waals surface area contributed by atoms with Gasteiger partial charge < -0.3 is 18.6 Å². The summed E-state index contributed by atoms with van der Waals surface area (Å²) in [7, 11) is -1.63. The topological polar surface area (TPSA) is 103 Å². The van der Waals surface area contributed by atoms with Gasteiger partial charge in [0.05, 0.1) is 25.2 Å². The molecule has 1 amide bonds. The lowest BCUT2D eigenvalue weighted by Gasteiger charge is -2.26. The smallest absolute Gasteiger partial charge is 0.276 e. The van der Waals surface area contributed by atoms with Crippen LogP contribution >= 0.6 is 11.8 Å². The summed E-state index contributed by atoms with van der Waals surface area (Å²) in [4.78, 5) is 16.1. The monoisotopic (exact) mass is 524 g/mol. The maximum atomic E-state index is 13.5. The van der Waals surface area contributed by atoms with Crippen molar-refractivity contribution < 1.29 is 26.9 Å². The largest absolute Gasteiger partial charge is 0.497 e.